The Hall–Kier alpha value is -1.36. The maximum Gasteiger partial charge on any atom is 0.234 e. The third-order valence-electron chi connectivity index (χ3n) is 6.44. The Bertz CT molecular complexity index is 588. The number of hydrazine groups is 1. The second-order valence-corrected chi connectivity index (χ2v) is 8.18. The first-order valence-electron chi connectivity index (χ1n) is 8.38. The highest BCUT2D eigenvalue weighted by atomic mass is 16.5. The summed E-state index contributed by atoms with van der Waals surface area (Å²) in [5.74, 6) is 7.78. The van der Waals surface area contributed by atoms with E-state index in [4.69, 9.17) is 10.4 Å². The first kappa shape index (κ1) is 14.2. The Morgan fingerprint density at radius 3 is 2.55 bits per heavy atom. The van der Waals surface area contributed by atoms with Crippen molar-refractivity contribution in [3.63, 3.8) is 0 Å². The van der Waals surface area contributed by atoms with Gasteiger partial charge in [-0.1, -0.05) is 5.16 Å². The molecule has 2 atom stereocenters. The van der Waals surface area contributed by atoms with Gasteiger partial charge in [0.05, 0.1) is 5.69 Å². The molecule has 1 aromatic heterocycles. The van der Waals surface area contributed by atoms with Crippen molar-refractivity contribution in [3.8, 4) is 0 Å². The maximum atomic E-state index is 12.0. The molecule has 4 aliphatic carbocycles. The summed E-state index contributed by atoms with van der Waals surface area (Å²) in [6.45, 7) is 4.09. The molecule has 4 bridgehead atoms. The van der Waals surface area contributed by atoms with E-state index < -0.39 is 0 Å². The number of nitrogens with one attached hydrogen (secondary N) is 1. The molecule has 0 radical (unpaired) electrons. The number of hydrogen-bond donors (Lipinski definition) is 2. The zero-order valence-electron chi connectivity index (χ0n) is 13.4. The number of carbonyl (C=O) groups excluding carboxylic acids is 1. The minimum absolute atomic E-state index is 0.0177. The van der Waals surface area contributed by atoms with Crippen LogP contribution in [-0.2, 0) is 10.2 Å². The van der Waals surface area contributed by atoms with Gasteiger partial charge in [-0.25, -0.2) is 5.84 Å². The lowest BCUT2D eigenvalue weighted by atomic mass is 9.42. The monoisotopic (exact) mass is 303 g/mol. The minimum atomic E-state index is -0.0177. The molecule has 4 saturated carbocycles. The number of hydrogen-bond acceptors (Lipinski definition) is 4. The normalized spacial score (nSPS) is 39.2. The predicted molar refractivity (Wildman–Crippen MR) is 81.7 cm³/mol. The molecular formula is C17H25N3O2. The number of nitrogens with two attached hydrogens (primary N) is 1. The lowest BCUT2D eigenvalue weighted by Crippen LogP contribution is -2.55. The predicted octanol–water partition coefficient (Wildman–Crippen LogP) is 2.51. The Labute approximate surface area is 131 Å². The van der Waals surface area contributed by atoms with Crippen LogP contribution in [0.25, 0.3) is 0 Å². The molecule has 5 heteroatoms. The third-order valence-corrected chi connectivity index (χ3v) is 6.44. The first-order chi connectivity index (χ1) is 10.5. The van der Waals surface area contributed by atoms with Crippen LogP contribution in [0, 0.1) is 31.1 Å². The summed E-state index contributed by atoms with van der Waals surface area (Å²) in [4.78, 5) is 12.0. The van der Waals surface area contributed by atoms with Crippen LogP contribution in [0.15, 0.2) is 4.52 Å². The van der Waals surface area contributed by atoms with Gasteiger partial charge >= 0.3 is 0 Å². The Balaban J connectivity index is 1.75. The largest absolute Gasteiger partial charge is 0.361 e. The molecule has 0 aromatic carbocycles. The minimum Gasteiger partial charge on any atom is -0.361 e. The quantitative estimate of drug-likeness (QED) is 0.511. The lowest BCUT2D eigenvalue weighted by molar-refractivity contribution is -0.131. The van der Waals surface area contributed by atoms with Crippen molar-refractivity contribution in [1.82, 2.24) is 10.6 Å². The summed E-state index contributed by atoms with van der Waals surface area (Å²) in [5.41, 5.74) is 5.01. The second kappa shape index (κ2) is 4.57. The molecule has 0 spiro atoms. The standard InChI is InChI=1S/C17H25N3O2/c1-10-15(11(2)22-20-10)17-6-12-3-13(7-17)5-16(4-12,9-17)8-14(21)19-18/h12-13H,3-9,18H2,1-2H3,(H,19,21)/t12-,13-,16?,17?/m1/s1. The van der Waals surface area contributed by atoms with Crippen LogP contribution in [0.1, 0.15) is 62.0 Å². The number of aryl methyl sites for hydroxylation is 2. The molecule has 1 amide bonds. The van der Waals surface area contributed by atoms with Crippen molar-refractivity contribution in [1.29, 1.82) is 0 Å². The van der Waals surface area contributed by atoms with E-state index in [1.165, 1.54) is 37.7 Å². The van der Waals surface area contributed by atoms with Gasteiger partial charge in [-0.05, 0) is 69.6 Å². The fourth-order valence-electron chi connectivity index (χ4n) is 6.58. The van der Waals surface area contributed by atoms with Crippen LogP contribution in [0.5, 0.6) is 0 Å². The van der Waals surface area contributed by atoms with Crippen molar-refractivity contribution in [2.24, 2.45) is 23.1 Å². The SMILES string of the molecule is Cc1noc(C)c1C12C[C@@H]3C[C@H](CC(CC(=O)NN)(C3)C1)C2. The van der Waals surface area contributed by atoms with Gasteiger partial charge in [0.25, 0.3) is 0 Å². The van der Waals surface area contributed by atoms with Gasteiger partial charge in [0.2, 0.25) is 5.91 Å². The highest BCUT2D eigenvalue weighted by Crippen LogP contribution is 2.67. The molecule has 1 heterocycles. The molecule has 120 valence electrons. The Morgan fingerprint density at radius 2 is 2.00 bits per heavy atom. The third kappa shape index (κ3) is 1.94. The number of rotatable bonds is 3. The zero-order chi connectivity index (χ0) is 15.5. The lowest BCUT2D eigenvalue weighted by Gasteiger charge is -2.62. The molecule has 0 aliphatic heterocycles. The fraction of sp³-hybridized carbons (Fsp3) is 0.765. The van der Waals surface area contributed by atoms with E-state index in [1.54, 1.807) is 0 Å². The topological polar surface area (TPSA) is 81.2 Å². The first-order valence-corrected chi connectivity index (χ1v) is 8.38. The van der Waals surface area contributed by atoms with E-state index >= 15 is 0 Å². The molecule has 3 N–H and O–H groups in total. The van der Waals surface area contributed by atoms with E-state index in [0.717, 1.165) is 29.7 Å². The molecule has 0 saturated heterocycles. The highest BCUT2D eigenvalue weighted by molar-refractivity contribution is 5.76. The number of nitrogens with zero attached hydrogens (tertiary/aromatic N) is 1. The van der Waals surface area contributed by atoms with Crippen LogP contribution in [0.4, 0.5) is 0 Å². The summed E-state index contributed by atoms with van der Waals surface area (Å²) < 4.78 is 5.47. The van der Waals surface area contributed by atoms with Gasteiger partial charge in [0.1, 0.15) is 5.76 Å². The number of amides is 1. The van der Waals surface area contributed by atoms with Gasteiger partial charge in [0, 0.05) is 17.4 Å². The highest BCUT2D eigenvalue weighted by Gasteiger charge is 2.59. The average molecular weight is 303 g/mol. The summed E-state index contributed by atoms with van der Waals surface area (Å²) in [5, 5.41) is 4.20. The van der Waals surface area contributed by atoms with E-state index in [1.807, 2.05) is 6.92 Å². The van der Waals surface area contributed by atoms with Crippen LogP contribution in [0.3, 0.4) is 0 Å². The van der Waals surface area contributed by atoms with E-state index in [-0.39, 0.29) is 16.7 Å². The molecule has 22 heavy (non-hydrogen) atoms. The van der Waals surface area contributed by atoms with Crippen molar-refractivity contribution < 1.29 is 9.32 Å². The van der Waals surface area contributed by atoms with Gasteiger partial charge in [-0.2, -0.15) is 0 Å². The summed E-state index contributed by atoms with van der Waals surface area (Å²) in [7, 11) is 0. The van der Waals surface area contributed by atoms with E-state index in [0.29, 0.717) is 6.42 Å². The smallest absolute Gasteiger partial charge is 0.234 e. The fourth-order valence-corrected chi connectivity index (χ4v) is 6.58. The Kier molecular flexibility index (Phi) is 2.96. The van der Waals surface area contributed by atoms with Crippen molar-refractivity contribution >= 4 is 5.91 Å². The summed E-state index contributed by atoms with van der Waals surface area (Å²) in [6.07, 6.45) is 7.82. The average Bonchev–Trinajstić information content (AvgIpc) is 2.76. The van der Waals surface area contributed by atoms with Crippen LogP contribution in [0.2, 0.25) is 0 Å². The molecule has 0 unspecified atom stereocenters. The van der Waals surface area contributed by atoms with Gasteiger partial charge < -0.3 is 4.52 Å². The van der Waals surface area contributed by atoms with Crippen LogP contribution in [-0.4, -0.2) is 11.1 Å². The van der Waals surface area contributed by atoms with Crippen molar-refractivity contribution in [3.05, 3.63) is 17.0 Å². The second-order valence-electron chi connectivity index (χ2n) is 8.18. The Morgan fingerprint density at radius 1 is 1.32 bits per heavy atom. The molecule has 4 aliphatic rings. The van der Waals surface area contributed by atoms with Gasteiger partial charge in [-0.3, -0.25) is 10.2 Å². The maximum absolute atomic E-state index is 12.0. The number of carbonyl (C=O) groups is 1. The summed E-state index contributed by atoms with van der Waals surface area (Å²) >= 11 is 0. The van der Waals surface area contributed by atoms with E-state index in [2.05, 4.69) is 17.5 Å². The van der Waals surface area contributed by atoms with Crippen LogP contribution < -0.4 is 11.3 Å². The molecule has 5 nitrogen and oxygen atoms in total. The van der Waals surface area contributed by atoms with Crippen LogP contribution >= 0.6 is 0 Å². The summed E-state index contributed by atoms with van der Waals surface area (Å²) in [6, 6.07) is 0. The molecule has 4 fully saturated rings. The van der Waals surface area contributed by atoms with Crippen molar-refractivity contribution in [2.45, 2.75) is 64.2 Å². The molecule has 1 aromatic rings. The van der Waals surface area contributed by atoms with Gasteiger partial charge in [-0.15, -0.1) is 0 Å². The molecular weight excluding hydrogens is 278 g/mol. The number of aromatic nitrogens is 1. The zero-order valence-corrected chi connectivity index (χ0v) is 13.4. The molecule has 5 rings (SSSR count). The van der Waals surface area contributed by atoms with Crippen molar-refractivity contribution in [2.75, 3.05) is 0 Å². The van der Waals surface area contributed by atoms with E-state index in [9.17, 15) is 4.79 Å². The van der Waals surface area contributed by atoms with Gasteiger partial charge in [0.15, 0.2) is 0 Å².